The van der Waals surface area contributed by atoms with Crippen LogP contribution in [0.1, 0.15) is 32.1 Å². The SMILES string of the molecule is OCCN(C1CC1)C1CCOC2(CCOC2)C1. The van der Waals surface area contributed by atoms with Crippen LogP contribution in [0.4, 0.5) is 0 Å². The molecule has 3 fully saturated rings. The first-order valence-corrected chi connectivity index (χ1v) is 6.91. The van der Waals surface area contributed by atoms with Gasteiger partial charge in [0.25, 0.3) is 0 Å². The minimum atomic E-state index is -0.00842. The lowest BCUT2D eigenvalue weighted by Crippen LogP contribution is -2.50. The van der Waals surface area contributed by atoms with Crippen LogP contribution >= 0.6 is 0 Å². The van der Waals surface area contributed by atoms with Crippen molar-refractivity contribution in [2.45, 2.75) is 49.8 Å². The van der Waals surface area contributed by atoms with Crippen LogP contribution in [0.25, 0.3) is 0 Å². The van der Waals surface area contributed by atoms with Crippen molar-refractivity contribution in [1.82, 2.24) is 4.90 Å². The number of hydrogen-bond acceptors (Lipinski definition) is 4. The molecule has 0 bridgehead atoms. The van der Waals surface area contributed by atoms with E-state index in [-0.39, 0.29) is 12.2 Å². The Bertz CT molecular complexity index is 261. The predicted octanol–water partition coefficient (Wildman–Crippen LogP) is 0.781. The van der Waals surface area contributed by atoms with E-state index in [2.05, 4.69) is 4.90 Å². The summed E-state index contributed by atoms with van der Waals surface area (Å²) in [4.78, 5) is 2.52. The van der Waals surface area contributed by atoms with E-state index in [1.54, 1.807) is 0 Å². The molecule has 2 atom stereocenters. The van der Waals surface area contributed by atoms with Gasteiger partial charge in [-0.2, -0.15) is 0 Å². The third-order valence-corrected chi connectivity index (χ3v) is 4.38. The average molecular weight is 241 g/mol. The highest BCUT2D eigenvalue weighted by atomic mass is 16.6. The summed E-state index contributed by atoms with van der Waals surface area (Å²) >= 11 is 0. The first-order chi connectivity index (χ1) is 8.33. The van der Waals surface area contributed by atoms with Crippen molar-refractivity contribution in [2.24, 2.45) is 0 Å². The molecule has 17 heavy (non-hydrogen) atoms. The van der Waals surface area contributed by atoms with E-state index in [0.717, 1.165) is 51.7 Å². The molecule has 3 rings (SSSR count). The van der Waals surface area contributed by atoms with Crippen molar-refractivity contribution in [3.8, 4) is 0 Å². The second-order valence-electron chi connectivity index (χ2n) is 5.67. The fraction of sp³-hybridized carbons (Fsp3) is 1.00. The van der Waals surface area contributed by atoms with E-state index in [1.165, 1.54) is 12.8 Å². The molecule has 1 spiro atoms. The molecular formula is C13H23NO3. The maximum Gasteiger partial charge on any atom is 0.0951 e. The standard InChI is InChI=1S/C13H23NO3/c15-6-5-14(11-1-2-11)12-3-7-17-13(9-12)4-8-16-10-13/h11-12,15H,1-10H2. The van der Waals surface area contributed by atoms with Gasteiger partial charge in [0.2, 0.25) is 0 Å². The fourth-order valence-electron chi connectivity index (χ4n) is 3.33. The number of hydrogen-bond donors (Lipinski definition) is 1. The van der Waals surface area contributed by atoms with Gasteiger partial charge in [-0.25, -0.2) is 0 Å². The minimum absolute atomic E-state index is 0.00842. The van der Waals surface area contributed by atoms with Gasteiger partial charge in [-0.3, -0.25) is 4.90 Å². The Labute approximate surface area is 103 Å². The zero-order valence-electron chi connectivity index (χ0n) is 10.4. The van der Waals surface area contributed by atoms with Gasteiger partial charge in [-0.1, -0.05) is 0 Å². The van der Waals surface area contributed by atoms with Crippen LogP contribution in [0.15, 0.2) is 0 Å². The monoisotopic (exact) mass is 241 g/mol. The molecule has 4 heteroatoms. The van der Waals surface area contributed by atoms with Crippen LogP contribution in [0.2, 0.25) is 0 Å². The smallest absolute Gasteiger partial charge is 0.0951 e. The molecule has 0 aromatic rings. The number of ether oxygens (including phenoxy) is 2. The number of nitrogens with zero attached hydrogens (tertiary/aromatic N) is 1. The summed E-state index contributed by atoms with van der Waals surface area (Å²) in [5, 5.41) is 9.20. The molecule has 4 nitrogen and oxygen atoms in total. The molecule has 2 unspecified atom stereocenters. The van der Waals surface area contributed by atoms with E-state index in [9.17, 15) is 5.11 Å². The van der Waals surface area contributed by atoms with Crippen LogP contribution in [0.3, 0.4) is 0 Å². The summed E-state index contributed by atoms with van der Waals surface area (Å²) < 4.78 is 11.5. The normalized spacial score (nSPS) is 38.1. The van der Waals surface area contributed by atoms with Crippen LogP contribution in [-0.4, -0.2) is 60.7 Å². The van der Waals surface area contributed by atoms with Gasteiger partial charge >= 0.3 is 0 Å². The second kappa shape index (κ2) is 4.84. The van der Waals surface area contributed by atoms with E-state index < -0.39 is 0 Å². The largest absolute Gasteiger partial charge is 0.395 e. The Hall–Kier alpha value is -0.160. The van der Waals surface area contributed by atoms with Gasteiger partial charge in [-0.05, 0) is 25.7 Å². The maximum absolute atomic E-state index is 9.20. The lowest BCUT2D eigenvalue weighted by atomic mass is 9.88. The number of aliphatic hydroxyl groups is 1. The Balaban J connectivity index is 1.65. The van der Waals surface area contributed by atoms with Gasteiger partial charge in [0.1, 0.15) is 0 Å². The van der Waals surface area contributed by atoms with Gasteiger partial charge < -0.3 is 14.6 Å². The topological polar surface area (TPSA) is 41.9 Å². The molecule has 1 saturated carbocycles. The molecule has 98 valence electrons. The van der Waals surface area contributed by atoms with Gasteiger partial charge in [0.15, 0.2) is 0 Å². The molecule has 2 aliphatic heterocycles. The fourth-order valence-corrected chi connectivity index (χ4v) is 3.33. The summed E-state index contributed by atoms with van der Waals surface area (Å²) in [6.45, 7) is 3.56. The highest BCUT2D eigenvalue weighted by Gasteiger charge is 2.44. The molecular weight excluding hydrogens is 218 g/mol. The van der Waals surface area contributed by atoms with Crippen molar-refractivity contribution in [1.29, 1.82) is 0 Å². The minimum Gasteiger partial charge on any atom is -0.395 e. The highest BCUT2D eigenvalue weighted by molar-refractivity contribution is 4.97. The zero-order chi connectivity index (χ0) is 11.7. The lowest BCUT2D eigenvalue weighted by molar-refractivity contribution is -0.108. The maximum atomic E-state index is 9.20. The Morgan fingerprint density at radius 1 is 1.18 bits per heavy atom. The van der Waals surface area contributed by atoms with Crippen molar-refractivity contribution in [3.05, 3.63) is 0 Å². The van der Waals surface area contributed by atoms with Gasteiger partial charge in [0, 0.05) is 38.3 Å². The first-order valence-electron chi connectivity index (χ1n) is 6.91. The third-order valence-electron chi connectivity index (χ3n) is 4.38. The molecule has 0 amide bonds. The van der Waals surface area contributed by atoms with Crippen molar-refractivity contribution < 1.29 is 14.6 Å². The number of aliphatic hydroxyl groups excluding tert-OH is 1. The molecule has 1 N–H and O–H groups in total. The van der Waals surface area contributed by atoms with E-state index in [1.807, 2.05) is 0 Å². The first kappa shape index (κ1) is 11.9. The van der Waals surface area contributed by atoms with Gasteiger partial charge in [-0.15, -0.1) is 0 Å². The van der Waals surface area contributed by atoms with Crippen molar-refractivity contribution >= 4 is 0 Å². The van der Waals surface area contributed by atoms with E-state index >= 15 is 0 Å². The summed E-state index contributed by atoms with van der Waals surface area (Å²) in [5.41, 5.74) is -0.00842. The molecule has 1 aliphatic carbocycles. The zero-order valence-corrected chi connectivity index (χ0v) is 10.4. The van der Waals surface area contributed by atoms with Crippen LogP contribution in [0, 0.1) is 0 Å². The molecule has 0 radical (unpaired) electrons. The van der Waals surface area contributed by atoms with E-state index in [4.69, 9.17) is 9.47 Å². The predicted molar refractivity (Wildman–Crippen MR) is 64.0 cm³/mol. The Morgan fingerprint density at radius 3 is 2.71 bits per heavy atom. The van der Waals surface area contributed by atoms with Gasteiger partial charge in [0.05, 0.1) is 18.8 Å². The molecule has 2 heterocycles. The third kappa shape index (κ3) is 2.50. The van der Waals surface area contributed by atoms with Crippen LogP contribution in [-0.2, 0) is 9.47 Å². The number of rotatable bonds is 4. The summed E-state index contributed by atoms with van der Waals surface area (Å²) in [6.07, 6.45) is 5.85. The Kier molecular flexibility index (Phi) is 3.39. The molecule has 2 saturated heterocycles. The lowest BCUT2D eigenvalue weighted by Gasteiger charge is -2.42. The van der Waals surface area contributed by atoms with Crippen molar-refractivity contribution in [2.75, 3.05) is 33.0 Å². The highest BCUT2D eigenvalue weighted by Crippen LogP contribution is 2.38. The van der Waals surface area contributed by atoms with Crippen molar-refractivity contribution in [3.63, 3.8) is 0 Å². The molecule has 3 aliphatic rings. The molecule has 0 aromatic carbocycles. The quantitative estimate of drug-likeness (QED) is 0.790. The average Bonchev–Trinajstić information content (AvgIpc) is 3.09. The summed E-state index contributed by atoms with van der Waals surface area (Å²) in [7, 11) is 0. The summed E-state index contributed by atoms with van der Waals surface area (Å²) in [6, 6.07) is 1.31. The van der Waals surface area contributed by atoms with E-state index in [0.29, 0.717) is 6.04 Å². The Morgan fingerprint density at radius 2 is 2.06 bits per heavy atom. The molecule has 0 aromatic heterocycles. The van der Waals surface area contributed by atoms with Crippen LogP contribution in [0.5, 0.6) is 0 Å². The second-order valence-corrected chi connectivity index (χ2v) is 5.67. The summed E-state index contributed by atoms with van der Waals surface area (Å²) in [5.74, 6) is 0. The van der Waals surface area contributed by atoms with Crippen LogP contribution < -0.4 is 0 Å².